The maximum absolute atomic E-state index is 6.32. The van der Waals surface area contributed by atoms with Crippen molar-refractivity contribution < 1.29 is 9.47 Å². The van der Waals surface area contributed by atoms with E-state index >= 15 is 0 Å². The van der Waals surface area contributed by atoms with Gasteiger partial charge in [0.15, 0.2) is 11.5 Å². The molecule has 28 heavy (non-hydrogen) atoms. The van der Waals surface area contributed by atoms with Gasteiger partial charge >= 0.3 is 0 Å². The van der Waals surface area contributed by atoms with Gasteiger partial charge in [0.1, 0.15) is 6.10 Å². The number of nitrogens with one attached hydrogen (secondary N) is 1. The molecule has 4 heteroatoms. The van der Waals surface area contributed by atoms with Crippen LogP contribution in [0.2, 0.25) is 0 Å². The summed E-state index contributed by atoms with van der Waals surface area (Å²) in [6.07, 6.45) is 7.97. The van der Waals surface area contributed by atoms with Crippen LogP contribution in [0.1, 0.15) is 24.0 Å². The van der Waals surface area contributed by atoms with Crippen LogP contribution in [0.5, 0.6) is 11.5 Å². The SMILES string of the molecule is COc1cccc2c1O[C@@H](CN1CC=C(c3c[nH]c4ccccc34)CC1)CC2. The topological polar surface area (TPSA) is 37.5 Å². The molecule has 1 N–H and O–H groups in total. The van der Waals surface area contributed by atoms with E-state index in [9.17, 15) is 0 Å². The molecule has 0 saturated heterocycles. The number of aromatic nitrogens is 1. The maximum Gasteiger partial charge on any atom is 0.164 e. The van der Waals surface area contributed by atoms with Gasteiger partial charge in [0.25, 0.3) is 0 Å². The summed E-state index contributed by atoms with van der Waals surface area (Å²) in [5.41, 5.74) is 5.27. The Morgan fingerprint density at radius 2 is 2.07 bits per heavy atom. The summed E-state index contributed by atoms with van der Waals surface area (Å²) in [7, 11) is 1.71. The van der Waals surface area contributed by atoms with E-state index in [0.717, 1.165) is 50.4 Å². The Labute approximate surface area is 165 Å². The van der Waals surface area contributed by atoms with Gasteiger partial charge < -0.3 is 14.5 Å². The first-order valence-corrected chi connectivity index (χ1v) is 10.1. The van der Waals surface area contributed by atoms with Crippen molar-refractivity contribution in [3.05, 3.63) is 65.9 Å². The van der Waals surface area contributed by atoms with Crippen molar-refractivity contribution in [2.24, 2.45) is 0 Å². The Balaban J connectivity index is 1.26. The number of aromatic amines is 1. The van der Waals surface area contributed by atoms with E-state index in [-0.39, 0.29) is 6.10 Å². The molecule has 2 aromatic carbocycles. The minimum absolute atomic E-state index is 0.229. The van der Waals surface area contributed by atoms with E-state index in [1.54, 1.807) is 7.11 Å². The number of nitrogens with zero attached hydrogens (tertiary/aromatic N) is 1. The predicted molar refractivity (Wildman–Crippen MR) is 113 cm³/mol. The van der Waals surface area contributed by atoms with E-state index in [1.807, 2.05) is 12.1 Å². The van der Waals surface area contributed by atoms with Crippen molar-refractivity contribution in [1.82, 2.24) is 9.88 Å². The third kappa shape index (κ3) is 3.18. The second-order valence-electron chi connectivity index (χ2n) is 7.71. The number of methoxy groups -OCH3 is 1. The molecule has 144 valence electrons. The standard InChI is InChI=1S/C24H26N2O2/c1-27-23-8-4-5-18-9-10-19(28-24(18)23)16-26-13-11-17(12-14-26)21-15-25-22-7-3-2-6-20(21)22/h2-8,11,15,19,25H,9-10,12-14,16H2,1H3/t19-/m1/s1. The molecule has 0 saturated carbocycles. The lowest BCUT2D eigenvalue weighted by atomic mass is 9.98. The zero-order valence-corrected chi connectivity index (χ0v) is 16.3. The van der Waals surface area contributed by atoms with E-state index in [4.69, 9.17) is 9.47 Å². The number of fused-ring (bicyclic) bond motifs is 2. The first-order chi connectivity index (χ1) is 13.8. The molecule has 5 rings (SSSR count). The minimum atomic E-state index is 0.229. The average Bonchev–Trinajstić information content (AvgIpc) is 3.18. The van der Waals surface area contributed by atoms with E-state index < -0.39 is 0 Å². The van der Waals surface area contributed by atoms with Crippen molar-refractivity contribution >= 4 is 16.5 Å². The molecule has 0 spiro atoms. The fourth-order valence-electron chi connectivity index (χ4n) is 4.47. The highest BCUT2D eigenvalue weighted by atomic mass is 16.5. The molecule has 0 unspecified atom stereocenters. The molecule has 1 atom stereocenters. The molecule has 3 heterocycles. The second-order valence-corrected chi connectivity index (χ2v) is 7.71. The van der Waals surface area contributed by atoms with Crippen LogP contribution in [0.15, 0.2) is 54.7 Å². The van der Waals surface area contributed by atoms with Gasteiger partial charge in [-0.1, -0.05) is 36.4 Å². The van der Waals surface area contributed by atoms with Crippen LogP contribution >= 0.6 is 0 Å². The fourth-order valence-corrected chi connectivity index (χ4v) is 4.47. The largest absolute Gasteiger partial charge is 0.493 e. The van der Waals surface area contributed by atoms with Crippen molar-refractivity contribution in [3.63, 3.8) is 0 Å². The number of ether oxygens (including phenoxy) is 2. The zero-order valence-electron chi connectivity index (χ0n) is 16.3. The zero-order chi connectivity index (χ0) is 18.9. The van der Waals surface area contributed by atoms with Gasteiger partial charge in [0.05, 0.1) is 7.11 Å². The summed E-state index contributed by atoms with van der Waals surface area (Å²) < 4.78 is 11.8. The Bertz CT molecular complexity index is 1010. The lowest BCUT2D eigenvalue weighted by Crippen LogP contribution is -2.39. The Morgan fingerprint density at radius 1 is 1.14 bits per heavy atom. The van der Waals surface area contributed by atoms with Crippen LogP contribution in [0.4, 0.5) is 0 Å². The van der Waals surface area contributed by atoms with Gasteiger partial charge in [-0.05, 0) is 42.5 Å². The van der Waals surface area contributed by atoms with Crippen molar-refractivity contribution in [2.45, 2.75) is 25.4 Å². The summed E-state index contributed by atoms with van der Waals surface area (Å²) in [5, 5.41) is 1.32. The van der Waals surface area contributed by atoms with Crippen LogP contribution in [0.3, 0.4) is 0 Å². The molecule has 3 aromatic rings. The smallest absolute Gasteiger partial charge is 0.164 e. The number of para-hydroxylation sites is 2. The number of benzene rings is 2. The van der Waals surface area contributed by atoms with Crippen molar-refractivity contribution in [2.75, 3.05) is 26.7 Å². The normalized spacial score (nSPS) is 19.8. The number of hydrogen-bond donors (Lipinski definition) is 1. The monoisotopic (exact) mass is 374 g/mol. The Kier molecular flexibility index (Phi) is 4.57. The first-order valence-electron chi connectivity index (χ1n) is 10.1. The molecule has 0 radical (unpaired) electrons. The Hall–Kier alpha value is -2.72. The van der Waals surface area contributed by atoms with Gasteiger partial charge in [0, 0.05) is 42.3 Å². The first kappa shape index (κ1) is 17.4. The molecular weight excluding hydrogens is 348 g/mol. The van der Waals surface area contributed by atoms with E-state index in [0.29, 0.717) is 0 Å². The fraction of sp³-hybridized carbons (Fsp3) is 0.333. The maximum atomic E-state index is 6.32. The third-order valence-corrected chi connectivity index (χ3v) is 5.99. The van der Waals surface area contributed by atoms with E-state index in [1.165, 1.54) is 27.6 Å². The molecule has 0 fully saturated rings. The van der Waals surface area contributed by atoms with Crippen LogP contribution in [-0.4, -0.2) is 42.7 Å². The summed E-state index contributed by atoms with van der Waals surface area (Å²) in [6, 6.07) is 14.7. The Morgan fingerprint density at radius 3 is 2.93 bits per heavy atom. The van der Waals surface area contributed by atoms with Gasteiger partial charge in [-0.3, -0.25) is 4.90 Å². The number of H-pyrrole nitrogens is 1. The van der Waals surface area contributed by atoms with Gasteiger partial charge in [-0.25, -0.2) is 0 Å². The second kappa shape index (κ2) is 7.36. The molecular formula is C24H26N2O2. The summed E-state index contributed by atoms with van der Waals surface area (Å²) in [5.74, 6) is 1.79. The molecule has 0 bridgehead atoms. The van der Waals surface area contributed by atoms with E-state index in [2.05, 4.69) is 52.5 Å². The molecule has 0 amide bonds. The minimum Gasteiger partial charge on any atom is -0.493 e. The lowest BCUT2D eigenvalue weighted by molar-refractivity contribution is 0.116. The lowest BCUT2D eigenvalue weighted by Gasteiger charge is -2.33. The number of hydrogen-bond acceptors (Lipinski definition) is 3. The van der Waals surface area contributed by atoms with Gasteiger partial charge in [-0.2, -0.15) is 0 Å². The molecule has 4 nitrogen and oxygen atoms in total. The molecule has 2 aliphatic rings. The molecule has 0 aliphatic carbocycles. The summed E-state index contributed by atoms with van der Waals surface area (Å²) in [6.45, 7) is 3.02. The van der Waals surface area contributed by atoms with Crippen LogP contribution < -0.4 is 9.47 Å². The highest BCUT2D eigenvalue weighted by molar-refractivity contribution is 5.92. The van der Waals surface area contributed by atoms with Crippen LogP contribution in [0.25, 0.3) is 16.5 Å². The van der Waals surface area contributed by atoms with Crippen LogP contribution in [0, 0.1) is 0 Å². The van der Waals surface area contributed by atoms with Gasteiger partial charge in [0.2, 0.25) is 0 Å². The van der Waals surface area contributed by atoms with Crippen molar-refractivity contribution in [3.8, 4) is 11.5 Å². The number of aryl methyl sites for hydroxylation is 1. The summed E-state index contributed by atoms with van der Waals surface area (Å²) in [4.78, 5) is 5.90. The third-order valence-electron chi connectivity index (χ3n) is 5.99. The molecule has 1 aromatic heterocycles. The quantitative estimate of drug-likeness (QED) is 0.722. The van der Waals surface area contributed by atoms with Crippen molar-refractivity contribution in [1.29, 1.82) is 0 Å². The highest BCUT2D eigenvalue weighted by Crippen LogP contribution is 2.37. The van der Waals surface area contributed by atoms with Crippen LogP contribution in [-0.2, 0) is 6.42 Å². The number of rotatable bonds is 4. The molecule has 2 aliphatic heterocycles. The predicted octanol–water partition coefficient (Wildman–Crippen LogP) is 4.66. The average molecular weight is 374 g/mol. The van der Waals surface area contributed by atoms with Gasteiger partial charge in [-0.15, -0.1) is 0 Å². The highest BCUT2D eigenvalue weighted by Gasteiger charge is 2.25. The summed E-state index contributed by atoms with van der Waals surface area (Å²) >= 11 is 0.